The number of hydrogen-bond acceptors (Lipinski definition) is 8. The van der Waals surface area contributed by atoms with E-state index in [1.807, 2.05) is 4.90 Å². The van der Waals surface area contributed by atoms with Crippen LogP contribution in [-0.2, 0) is 11.3 Å². The first-order chi connectivity index (χ1) is 17.1. The van der Waals surface area contributed by atoms with Gasteiger partial charge in [-0.2, -0.15) is 33.5 Å². The molecule has 0 saturated carbocycles. The van der Waals surface area contributed by atoms with Gasteiger partial charge in [0, 0.05) is 30.4 Å². The summed E-state index contributed by atoms with van der Waals surface area (Å²) in [6.45, 7) is -0.266. The molecule has 1 fully saturated rings. The Morgan fingerprint density at radius 3 is 2.71 bits per heavy atom. The van der Waals surface area contributed by atoms with Crippen LogP contribution in [0.3, 0.4) is 0 Å². The van der Waals surface area contributed by atoms with Crippen LogP contribution in [0.4, 0.5) is 25.1 Å². The zero-order valence-electron chi connectivity index (χ0n) is 18.2. The molecule has 5 aromatic rings. The molecule has 35 heavy (non-hydrogen) atoms. The summed E-state index contributed by atoms with van der Waals surface area (Å²) in [6, 6.07) is 4.70. The van der Waals surface area contributed by atoms with Crippen LogP contribution in [0.2, 0.25) is 0 Å². The van der Waals surface area contributed by atoms with Crippen LogP contribution in [0.15, 0.2) is 36.8 Å². The number of alkyl halides is 2. The lowest BCUT2D eigenvalue weighted by atomic mass is 10.2. The molecule has 0 aliphatic carbocycles. The number of nitrogens with one attached hydrogen (secondary N) is 2. The number of H-pyrrole nitrogens is 1. The van der Waals surface area contributed by atoms with Crippen molar-refractivity contribution in [2.24, 2.45) is 0 Å². The van der Waals surface area contributed by atoms with Gasteiger partial charge >= 0.3 is 6.55 Å². The number of rotatable bonds is 6. The van der Waals surface area contributed by atoms with Gasteiger partial charge in [0.05, 0.1) is 37.7 Å². The molecule has 2 N–H and O–H groups in total. The number of anilines is 2. The summed E-state index contributed by atoms with van der Waals surface area (Å²) in [7, 11) is 0. The van der Waals surface area contributed by atoms with Crippen LogP contribution in [0.5, 0.6) is 0 Å². The van der Waals surface area contributed by atoms with Gasteiger partial charge in [0.2, 0.25) is 11.9 Å². The molecule has 6 rings (SSSR count). The number of nitrogens with zero attached hydrogens (tertiary/aromatic N) is 8. The van der Waals surface area contributed by atoms with Crippen LogP contribution in [-0.4, -0.2) is 65.6 Å². The molecule has 1 aliphatic rings. The molecule has 4 aromatic heterocycles. The van der Waals surface area contributed by atoms with Gasteiger partial charge in [-0.25, -0.2) is 14.1 Å². The standard InChI is InChI=1S/C21H19F3N10O/c22-14-2-1-3-15-17(14)29-16(28-15)10-25-20-31-21(32-4-6-35-7-5-32)30-18-13(9-27-34(18)20)12-8-26-33(11-12)19(23)24/h1-3,8-9,11,19H,4-7,10H2,(H,28,29)(H,25,30,31). The highest BCUT2D eigenvalue weighted by Gasteiger charge is 2.21. The highest BCUT2D eigenvalue weighted by atomic mass is 19.3. The first-order valence-corrected chi connectivity index (χ1v) is 10.8. The van der Waals surface area contributed by atoms with E-state index in [0.717, 1.165) is 0 Å². The van der Waals surface area contributed by atoms with Crippen LogP contribution >= 0.6 is 0 Å². The normalized spacial score (nSPS) is 14.5. The third-order valence-electron chi connectivity index (χ3n) is 5.69. The molecule has 5 heterocycles. The van der Waals surface area contributed by atoms with Gasteiger partial charge in [0.1, 0.15) is 11.3 Å². The summed E-state index contributed by atoms with van der Waals surface area (Å²) >= 11 is 0. The Labute approximate surface area is 195 Å². The summed E-state index contributed by atoms with van der Waals surface area (Å²) in [4.78, 5) is 18.7. The van der Waals surface area contributed by atoms with Crippen molar-refractivity contribution in [1.29, 1.82) is 0 Å². The predicted octanol–water partition coefficient (Wildman–Crippen LogP) is 2.85. The molecule has 11 nitrogen and oxygen atoms in total. The number of para-hydroxylation sites is 1. The minimum absolute atomic E-state index is 0.210. The zero-order chi connectivity index (χ0) is 23.9. The Bertz CT molecular complexity index is 1500. The number of halogens is 3. The maximum atomic E-state index is 14.0. The highest BCUT2D eigenvalue weighted by Crippen LogP contribution is 2.27. The fourth-order valence-electron chi connectivity index (χ4n) is 3.97. The van der Waals surface area contributed by atoms with Crippen LogP contribution in [0.25, 0.3) is 27.8 Å². The lowest BCUT2D eigenvalue weighted by molar-refractivity contribution is 0.0566. The summed E-state index contributed by atoms with van der Waals surface area (Å²) in [5, 5.41) is 11.3. The van der Waals surface area contributed by atoms with Gasteiger partial charge in [0.25, 0.3) is 0 Å². The number of fused-ring (bicyclic) bond motifs is 2. The fraction of sp³-hybridized carbons (Fsp3) is 0.286. The molecule has 0 atom stereocenters. The van der Waals surface area contributed by atoms with Crippen molar-refractivity contribution < 1.29 is 17.9 Å². The lowest BCUT2D eigenvalue weighted by Crippen LogP contribution is -2.37. The quantitative estimate of drug-likeness (QED) is 0.378. The summed E-state index contributed by atoms with van der Waals surface area (Å²) in [6.07, 6.45) is 4.12. The number of hydrogen-bond donors (Lipinski definition) is 2. The second kappa shape index (κ2) is 8.54. The monoisotopic (exact) mass is 484 g/mol. The molecule has 14 heteroatoms. The van der Waals surface area contributed by atoms with Crippen molar-refractivity contribution in [3.05, 3.63) is 48.4 Å². The Hall–Kier alpha value is -4.20. The molecule has 0 unspecified atom stereocenters. The predicted molar refractivity (Wildman–Crippen MR) is 120 cm³/mol. The first-order valence-electron chi connectivity index (χ1n) is 10.8. The van der Waals surface area contributed by atoms with Crippen molar-refractivity contribution in [2.75, 3.05) is 36.5 Å². The number of aromatic nitrogens is 8. The number of imidazole rings is 1. The Balaban J connectivity index is 1.39. The SMILES string of the molecule is Fc1cccc2[nH]c(CNc3nc(N4CCOCC4)nc4c(-c5cnn(C(F)F)c5)cnn34)nc12. The average Bonchev–Trinajstić information content (AvgIpc) is 3.61. The number of morpholine rings is 1. The molecule has 0 bridgehead atoms. The van der Waals surface area contributed by atoms with Crippen molar-refractivity contribution in [3.63, 3.8) is 0 Å². The van der Waals surface area contributed by atoms with Crippen molar-refractivity contribution in [2.45, 2.75) is 13.1 Å². The molecule has 1 saturated heterocycles. The lowest BCUT2D eigenvalue weighted by Gasteiger charge is -2.27. The second-order valence-electron chi connectivity index (χ2n) is 7.90. The van der Waals surface area contributed by atoms with E-state index >= 15 is 0 Å². The summed E-state index contributed by atoms with van der Waals surface area (Å²) < 4.78 is 47.7. The highest BCUT2D eigenvalue weighted by molar-refractivity contribution is 5.78. The maximum Gasteiger partial charge on any atom is 0.333 e. The molecule has 180 valence electrons. The fourth-order valence-corrected chi connectivity index (χ4v) is 3.97. The van der Waals surface area contributed by atoms with Crippen LogP contribution in [0, 0.1) is 5.82 Å². The second-order valence-corrected chi connectivity index (χ2v) is 7.90. The van der Waals surface area contributed by atoms with Gasteiger partial charge in [-0.3, -0.25) is 0 Å². The van der Waals surface area contributed by atoms with Crippen LogP contribution < -0.4 is 10.2 Å². The molecular formula is C21H19F3N10O. The number of benzene rings is 1. The van der Waals surface area contributed by atoms with E-state index in [2.05, 4.69) is 35.5 Å². The molecule has 0 spiro atoms. The van der Waals surface area contributed by atoms with Gasteiger partial charge in [-0.15, -0.1) is 0 Å². The first kappa shape index (κ1) is 21.3. The topological polar surface area (TPSA) is 114 Å². The zero-order valence-corrected chi connectivity index (χ0v) is 18.2. The van der Waals surface area contributed by atoms with Gasteiger partial charge in [-0.1, -0.05) is 6.07 Å². The van der Waals surface area contributed by atoms with E-state index in [4.69, 9.17) is 4.74 Å². The largest absolute Gasteiger partial charge is 0.378 e. The van der Waals surface area contributed by atoms with E-state index in [9.17, 15) is 13.2 Å². The molecular weight excluding hydrogens is 465 g/mol. The van der Waals surface area contributed by atoms with E-state index < -0.39 is 12.4 Å². The van der Waals surface area contributed by atoms with E-state index in [1.165, 1.54) is 29.2 Å². The molecule has 0 radical (unpaired) electrons. The van der Waals surface area contributed by atoms with E-state index in [-0.39, 0.29) is 12.1 Å². The minimum atomic E-state index is -2.75. The summed E-state index contributed by atoms with van der Waals surface area (Å²) in [5.41, 5.74) is 2.24. The Morgan fingerprint density at radius 2 is 1.94 bits per heavy atom. The third kappa shape index (κ3) is 3.90. The summed E-state index contributed by atoms with van der Waals surface area (Å²) in [5.74, 6) is 0.910. The van der Waals surface area contributed by atoms with Gasteiger partial charge in [-0.05, 0) is 12.1 Å². The smallest absolute Gasteiger partial charge is 0.333 e. The average molecular weight is 484 g/mol. The molecule has 1 aromatic carbocycles. The Morgan fingerprint density at radius 1 is 1.09 bits per heavy atom. The molecule has 1 aliphatic heterocycles. The van der Waals surface area contributed by atoms with Crippen molar-refractivity contribution in [1.82, 2.24) is 39.3 Å². The Kier molecular flexibility index (Phi) is 5.21. The van der Waals surface area contributed by atoms with Crippen molar-refractivity contribution in [3.8, 4) is 11.1 Å². The van der Waals surface area contributed by atoms with Gasteiger partial charge in [0.15, 0.2) is 11.5 Å². The number of ether oxygens (including phenoxy) is 1. The van der Waals surface area contributed by atoms with E-state index in [0.29, 0.717) is 71.0 Å². The van der Waals surface area contributed by atoms with Crippen molar-refractivity contribution >= 4 is 28.6 Å². The van der Waals surface area contributed by atoms with Gasteiger partial charge < -0.3 is 19.9 Å². The number of aromatic amines is 1. The molecule has 0 amide bonds. The van der Waals surface area contributed by atoms with E-state index in [1.54, 1.807) is 12.1 Å². The third-order valence-corrected chi connectivity index (χ3v) is 5.69. The maximum absolute atomic E-state index is 14.0. The minimum Gasteiger partial charge on any atom is -0.378 e. The van der Waals surface area contributed by atoms with Crippen LogP contribution in [0.1, 0.15) is 12.4 Å².